The topological polar surface area (TPSA) is 55.4 Å². The number of ether oxygens (including phenoxy) is 1. The smallest absolute Gasteiger partial charge is 0.316 e. The van der Waals surface area contributed by atoms with Gasteiger partial charge in [-0.05, 0) is 43.2 Å². The number of thioether (sulfide) groups is 1. The Balaban J connectivity index is 1.73. The quantitative estimate of drug-likeness (QED) is 0.535. The van der Waals surface area contributed by atoms with E-state index in [0.717, 1.165) is 20.5 Å². The standard InChI is InChI=1S/C19H20BrNO3S/c1-13-10-16(20)8-9-17(13)25-12-19(23)24-11-18(22)21-14(2)15-6-4-3-5-7-15/h3-10,14H,11-12H2,1-2H3,(H,21,22)/t14-/m1/s1. The molecule has 25 heavy (non-hydrogen) atoms. The van der Waals surface area contributed by atoms with Crippen LogP contribution >= 0.6 is 27.7 Å². The summed E-state index contributed by atoms with van der Waals surface area (Å²) in [5.74, 6) is -0.548. The molecule has 0 radical (unpaired) electrons. The van der Waals surface area contributed by atoms with Crippen molar-refractivity contribution in [2.45, 2.75) is 24.8 Å². The van der Waals surface area contributed by atoms with Gasteiger partial charge in [0.1, 0.15) is 0 Å². The first kappa shape index (κ1) is 19.5. The molecule has 0 aliphatic rings. The SMILES string of the molecule is Cc1cc(Br)ccc1SCC(=O)OCC(=O)N[C@H](C)c1ccccc1. The van der Waals surface area contributed by atoms with Crippen molar-refractivity contribution >= 4 is 39.6 Å². The molecule has 0 bridgehead atoms. The van der Waals surface area contributed by atoms with E-state index >= 15 is 0 Å². The molecule has 0 fully saturated rings. The first-order valence-electron chi connectivity index (χ1n) is 7.84. The molecule has 0 aliphatic carbocycles. The van der Waals surface area contributed by atoms with Gasteiger partial charge in [0.05, 0.1) is 11.8 Å². The number of benzene rings is 2. The summed E-state index contributed by atoms with van der Waals surface area (Å²) in [5, 5.41) is 2.81. The van der Waals surface area contributed by atoms with Crippen LogP contribution in [0.1, 0.15) is 24.1 Å². The molecule has 1 amide bonds. The van der Waals surface area contributed by atoms with E-state index in [1.807, 2.05) is 62.4 Å². The zero-order valence-electron chi connectivity index (χ0n) is 14.1. The molecule has 0 heterocycles. The Morgan fingerprint density at radius 1 is 1.20 bits per heavy atom. The molecule has 2 aromatic carbocycles. The molecule has 0 aliphatic heterocycles. The third-order valence-electron chi connectivity index (χ3n) is 3.52. The molecule has 0 aromatic heterocycles. The molecule has 132 valence electrons. The minimum Gasteiger partial charge on any atom is -0.455 e. The summed E-state index contributed by atoms with van der Waals surface area (Å²) < 4.78 is 6.05. The Labute approximate surface area is 160 Å². The maximum absolute atomic E-state index is 11.9. The van der Waals surface area contributed by atoms with Crippen LogP contribution in [0.25, 0.3) is 0 Å². The summed E-state index contributed by atoms with van der Waals surface area (Å²) >= 11 is 4.81. The van der Waals surface area contributed by atoms with Gasteiger partial charge in [0.15, 0.2) is 6.61 Å². The molecule has 1 atom stereocenters. The zero-order valence-corrected chi connectivity index (χ0v) is 16.5. The van der Waals surface area contributed by atoms with Crippen LogP contribution in [0.4, 0.5) is 0 Å². The second-order valence-corrected chi connectivity index (χ2v) is 7.49. The van der Waals surface area contributed by atoms with Crippen molar-refractivity contribution in [3.05, 3.63) is 64.1 Å². The summed E-state index contributed by atoms with van der Waals surface area (Å²) in [5.41, 5.74) is 2.09. The van der Waals surface area contributed by atoms with Crippen LogP contribution < -0.4 is 5.32 Å². The molecular weight excluding hydrogens is 402 g/mol. The first-order chi connectivity index (χ1) is 12.0. The highest BCUT2D eigenvalue weighted by molar-refractivity contribution is 9.10. The van der Waals surface area contributed by atoms with E-state index in [1.165, 1.54) is 11.8 Å². The molecule has 1 N–H and O–H groups in total. The Morgan fingerprint density at radius 2 is 1.92 bits per heavy atom. The van der Waals surface area contributed by atoms with Gasteiger partial charge in [-0.1, -0.05) is 46.3 Å². The van der Waals surface area contributed by atoms with Gasteiger partial charge in [0.2, 0.25) is 0 Å². The first-order valence-corrected chi connectivity index (χ1v) is 9.62. The van der Waals surface area contributed by atoms with E-state index in [4.69, 9.17) is 4.74 Å². The number of aryl methyl sites for hydroxylation is 1. The maximum Gasteiger partial charge on any atom is 0.316 e. The van der Waals surface area contributed by atoms with Gasteiger partial charge in [0, 0.05) is 9.37 Å². The highest BCUT2D eigenvalue weighted by atomic mass is 79.9. The van der Waals surface area contributed by atoms with Crippen molar-refractivity contribution in [1.82, 2.24) is 5.32 Å². The maximum atomic E-state index is 11.9. The lowest BCUT2D eigenvalue weighted by Crippen LogP contribution is -2.31. The average Bonchev–Trinajstić information content (AvgIpc) is 2.60. The minimum absolute atomic E-state index is 0.132. The number of hydrogen-bond donors (Lipinski definition) is 1. The number of carbonyl (C=O) groups excluding carboxylic acids is 2. The van der Waals surface area contributed by atoms with Gasteiger partial charge in [-0.2, -0.15) is 0 Å². The van der Waals surface area contributed by atoms with Crippen LogP contribution in [-0.4, -0.2) is 24.2 Å². The molecule has 0 unspecified atom stereocenters. The van der Waals surface area contributed by atoms with E-state index in [2.05, 4.69) is 21.2 Å². The zero-order chi connectivity index (χ0) is 18.2. The lowest BCUT2D eigenvalue weighted by atomic mass is 10.1. The van der Waals surface area contributed by atoms with Crippen LogP contribution in [0.5, 0.6) is 0 Å². The van der Waals surface area contributed by atoms with E-state index in [0.29, 0.717) is 0 Å². The third-order valence-corrected chi connectivity index (χ3v) is 5.17. The van der Waals surface area contributed by atoms with Crippen molar-refractivity contribution in [3.63, 3.8) is 0 Å². The molecule has 2 aromatic rings. The summed E-state index contributed by atoms with van der Waals surface area (Å²) in [4.78, 5) is 24.7. The molecule has 2 rings (SSSR count). The Morgan fingerprint density at radius 3 is 2.60 bits per heavy atom. The Hall–Kier alpha value is -1.79. The number of rotatable bonds is 7. The van der Waals surface area contributed by atoms with Gasteiger partial charge in [-0.15, -0.1) is 11.8 Å². The number of carbonyl (C=O) groups is 2. The van der Waals surface area contributed by atoms with Crippen LogP contribution in [-0.2, 0) is 14.3 Å². The highest BCUT2D eigenvalue weighted by Crippen LogP contribution is 2.25. The van der Waals surface area contributed by atoms with Crippen LogP contribution in [0.15, 0.2) is 57.9 Å². The summed E-state index contributed by atoms with van der Waals surface area (Å²) in [7, 11) is 0. The predicted molar refractivity (Wildman–Crippen MR) is 104 cm³/mol. The van der Waals surface area contributed by atoms with Crippen molar-refractivity contribution in [1.29, 1.82) is 0 Å². The minimum atomic E-state index is -0.408. The van der Waals surface area contributed by atoms with Gasteiger partial charge >= 0.3 is 5.97 Å². The molecular formula is C19H20BrNO3S. The van der Waals surface area contributed by atoms with E-state index < -0.39 is 5.97 Å². The number of esters is 1. The Kier molecular flexibility index (Phi) is 7.52. The summed E-state index contributed by atoms with van der Waals surface area (Å²) in [6.45, 7) is 3.61. The molecule has 0 spiro atoms. The fraction of sp³-hybridized carbons (Fsp3) is 0.263. The van der Waals surface area contributed by atoms with Crippen molar-refractivity contribution in [2.75, 3.05) is 12.4 Å². The number of hydrogen-bond acceptors (Lipinski definition) is 4. The lowest BCUT2D eigenvalue weighted by Gasteiger charge is -2.14. The fourth-order valence-electron chi connectivity index (χ4n) is 2.21. The second kappa shape index (κ2) is 9.63. The average molecular weight is 422 g/mol. The van der Waals surface area contributed by atoms with Crippen molar-refractivity contribution in [3.8, 4) is 0 Å². The van der Waals surface area contributed by atoms with Gasteiger partial charge in [-0.3, -0.25) is 9.59 Å². The molecule has 0 saturated heterocycles. The Bertz CT molecular complexity index is 737. The third kappa shape index (κ3) is 6.55. The monoisotopic (exact) mass is 421 g/mol. The van der Waals surface area contributed by atoms with E-state index in [-0.39, 0.29) is 24.3 Å². The van der Waals surface area contributed by atoms with Crippen LogP contribution in [0, 0.1) is 6.92 Å². The summed E-state index contributed by atoms with van der Waals surface area (Å²) in [6.07, 6.45) is 0. The number of nitrogens with one attached hydrogen (secondary N) is 1. The highest BCUT2D eigenvalue weighted by Gasteiger charge is 2.12. The van der Waals surface area contributed by atoms with Gasteiger partial charge in [0.25, 0.3) is 5.91 Å². The summed E-state index contributed by atoms with van der Waals surface area (Å²) in [6, 6.07) is 15.4. The second-order valence-electron chi connectivity index (χ2n) is 5.56. The lowest BCUT2D eigenvalue weighted by molar-refractivity contribution is -0.146. The molecule has 4 nitrogen and oxygen atoms in total. The molecule has 6 heteroatoms. The molecule has 0 saturated carbocycles. The number of halogens is 1. The largest absolute Gasteiger partial charge is 0.455 e. The normalized spacial score (nSPS) is 11.6. The van der Waals surface area contributed by atoms with Gasteiger partial charge in [-0.25, -0.2) is 0 Å². The predicted octanol–water partition coefficient (Wildman–Crippen LogP) is 4.27. The van der Waals surface area contributed by atoms with Crippen molar-refractivity contribution < 1.29 is 14.3 Å². The number of amides is 1. The van der Waals surface area contributed by atoms with E-state index in [1.54, 1.807) is 0 Å². The van der Waals surface area contributed by atoms with Crippen LogP contribution in [0.2, 0.25) is 0 Å². The van der Waals surface area contributed by atoms with Crippen molar-refractivity contribution in [2.24, 2.45) is 0 Å². The van der Waals surface area contributed by atoms with Gasteiger partial charge < -0.3 is 10.1 Å². The van der Waals surface area contributed by atoms with Crippen LogP contribution in [0.3, 0.4) is 0 Å². The fourth-order valence-corrected chi connectivity index (χ4v) is 3.49. The van der Waals surface area contributed by atoms with E-state index in [9.17, 15) is 9.59 Å².